The zero-order valence-corrected chi connectivity index (χ0v) is 24.6. The molecule has 42 heavy (non-hydrogen) atoms. The number of anilines is 3. The number of rotatable bonds is 10. The Morgan fingerprint density at radius 2 is 2.02 bits per heavy atom. The van der Waals surface area contributed by atoms with Gasteiger partial charge in [-0.25, -0.2) is 13.8 Å². The van der Waals surface area contributed by atoms with Crippen LogP contribution in [0.1, 0.15) is 61.3 Å². The molecule has 3 heterocycles. The number of nitrogens with one attached hydrogen (secondary N) is 1. The molecule has 0 aliphatic carbocycles. The molecule has 218 valence electrons. The van der Waals surface area contributed by atoms with Crippen LogP contribution in [0, 0.1) is 5.92 Å². The highest BCUT2D eigenvalue weighted by Gasteiger charge is 2.27. The summed E-state index contributed by atoms with van der Waals surface area (Å²) < 4.78 is 31.2. The third kappa shape index (κ3) is 6.08. The maximum Gasteiger partial charge on any atom is 0.270 e. The number of alkyl halides is 2. The van der Waals surface area contributed by atoms with Gasteiger partial charge < -0.3 is 19.5 Å². The molecule has 0 radical (unpaired) electrons. The Labute approximate surface area is 246 Å². The second kappa shape index (κ2) is 11.8. The zero-order valence-electron chi connectivity index (χ0n) is 24.6. The van der Waals surface area contributed by atoms with E-state index in [2.05, 4.69) is 40.0 Å². The number of amides is 1. The Morgan fingerprint density at radius 1 is 1.21 bits per heavy atom. The van der Waals surface area contributed by atoms with Crippen LogP contribution in [0.4, 0.5) is 25.8 Å². The number of aromatic nitrogens is 2. The highest BCUT2D eigenvalue weighted by molar-refractivity contribution is 6.05. The molecule has 6 nitrogen and oxygen atoms in total. The predicted octanol–water partition coefficient (Wildman–Crippen LogP) is 8.16. The highest BCUT2D eigenvalue weighted by atomic mass is 19.3. The molecule has 0 saturated carbocycles. The van der Waals surface area contributed by atoms with Gasteiger partial charge in [0, 0.05) is 60.3 Å². The topological polar surface area (TPSA) is 52.9 Å². The van der Waals surface area contributed by atoms with Gasteiger partial charge in [0.15, 0.2) is 0 Å². The molecule has 0 fully saturated rings. The lowest BCUT2D eigenvalue weighted by atomic mass is 10.0. The lowest BCUT2D eigenvalue weighted by Crippen LogP contribution is -2.21. The Morgan fingerprint density at radius 3 is 2.76 bits per heavy atom. The molecule has 1 aliphatic heterocycles. The second-order valence-corrected chi connectivity index (χ2v) is 11.1. The van der Waals surface area contributed by atoms with E-state index in [0.717, 1.165) is 48.9 Å². The number of hydrogen-bond acceptors (Lipinski definition) is 4. The van der Waals surface area contributed by atoms with Crippen molar-refractivity contribution >= 4 is 28.6 Å². The fraction of sp³-hybridized carbons (Fsp3) is 0.294. The van der Waals surface area contributed by atoms with Crippen LogP contribution in [-0.2, 0) is 18.9 Å². The summed E-state index contributed by atoms with van der Waals surface area (Å²) in [6, 6.07) is 16.0. The first-order chi connectivity index (χ1) is 20.1. The Balaban J connectivity index is 1.41. The van der Waals surface area contributed by atoms with E-state index < -0.39 is 5.92 Å². The van der Waals surface area contributed by atoms with Crippen LogP contribution in [0.5, 0.6) is 0 Å². The minimum Gasteiger partial charge on any atom is -0.365 e. The number of carbonyl (C=O) groups excluding carboxylic acids is 1. The van der Waals surface area contributed by atoms with Gasteiger partial charge >= 0.3 is 0 Å². The molecule has 1 N–H and O–H groups in total. The third-order valence-electron chi connectivity index (χ3n) is 8.10. The van der Waals surface area contributed by atoms with E-state index in [0.29, 0.717) is 29.4 Å². The Hall–Kier alpha value is -4.46. The van der Waals surface area contributed by atoms with Crippen LogP contribution in [0.2, 0.25) is 0 Å². The molecule has 1 unspecified atom stereocenters. The number of benzene rings is 2. The number of nitrogens with zero attached hydrogens (tertiary/aromatic N) is 4. The molecule has 5 rings (SSSR count). The summed E-state index contributed by atoms with van der Waals surface area (Å²) in [4.78, 5) is 21.9. The molecule has 1 amide bonds. The van der Waals surface area contributed by atoms with E-state index in [-0.39, 0.29) is 11.5 Å². The first kappa shape index (κ1) is 29.0. The molecule has 4 aromatic rings. The van der Waals surface area contributed by atoms with Crippen molar-refractivity contribution in [2.45, 2.75) is 53.0 Å². The van der Waals surface area contributed by atoms with Crippen LogP contribution in [0.15, 0.2) is 91.5 Å². The van der Waals surface area contributed by atoms with Gasteiger partial charge in [0.05, 0.1) is 18.4 Å². The summed E-state index contributed by atoms with van der Waals surface area (Å²) in [6.07, 6.45) is 9.20. The number of fused-ring (bicyclic) bond motifs is 2. The molecule has 1 atom stereocenters. The summed E-state index contributed by atoms with van der Waals surface area (Å²) in [7, 11) is 0. The van der Waals surface area contributed by atoms with Crippen molar-refractivity contribution in [3.05, 3.63) is 114 Å². The summed E-state index contributed by atoms with van der Waals surface area (Å²) >= 11 is 0. The van der Waals surface area contributed by atoms with Gasteiger partial charge in [-0.1, -0.05) is 38.1 Å². The van der Waals surface area contributed by atoms with Gasteiger partial charge in [-0.05, 0) is 73.7 Å². The van der Waals surface area contributed by atoms with Crippen LogP contribution < -0.4 is 15.1 Å². The molecule has 0 saturated heterocycles. The lowest BCUT2D eigenvalue weighted by Gasteiger charge is -2.22. The number of allylic oxidation sites excluding steroid dienone is 1. The van der Waals surface area contributed by atoms with Gasteiger partial charge in [-0.3, -0.25) is 4.79 Å². The minimum atomic E-state index is -3.09. The largest absolute Gasteiger partial charge is 0.365 e. The molecule has 1 aliphatic rings. The summed E-state index contributed by atoms with van der Waals surface area (Å²) in [6.45, 7) is 12.5. The monoisotopic (exact) mass is 569 g/mol. The van der Waals surface area contributed by atoms with Gasteiger partial charge in [-0.2, -0.15) is 0 Å². The highest BCUT2D eigenvalue weighted by Crippen LogP contribution is 2.35. The zero-order chi connectivity index (χ0) is 30.0. The quantitative estimate of drug-likeness (QED) is 0.209. The Kier molecular flexibility index (Phi) is 8.16. The van der Waals surface area contributed by atoms with Gasteiger partial charge in [-0.15, -0.1) is 0 Å². The first-order valence-electron chi connectivity index (χ1n) is 14.3. The maximum atomic E-state index is 14.5. The van der Waals surface area contributed by atoms with Crippen molar-refractivity contribution in [3.8, 4) is 0 Å². The minimum absolute atomic E-state index is 0.190. The first-order valence-corrected chi connectivity index (χ1v) is 14.3. The summed E-state index contributed by atoms with van der Waals surface area (Å²) in [5.74, 6) is -3.13. The molecular weight excluding hydrogens is 532 g/mol. The number of hydrogen-bond donors (Lipinski definition) is 1. The maximum absolute atomic E-state index is 14.5. The predicted molar refractivity (Wildman–Crippen MR) is 166 cm³/mol. The van der Waals surface area contributed by atoms with Gasteiger partial charge in [0.1, 0.15) is 5.65 Å². The number of carbonyl (C=O) groups is 1. The standard InChI is InChI=1S/C34H37F2N5O/c1-6-23(3)24(4)21-39(7-2)29-18-27(34(5,35)36)17-28(19-29)38-33(42)26-12-11-25-13-15-40(31(25)16-26)22-30-20-37-32-10-8-9-14-41(30)32/h7-12,14,16-21,23H,2,6,13,15,22H2,1,3-5H3,(H,38,42)/b24-21-. The third-order valence-corrected chi connectivity index (χ3v) is 8.10. The SMILES string of the molecule is C=CN(/C=C(/C)C(C)CC)c1cc(NC(=O)c2ccc3c(c2)N(Cc2cnc4ccccn24)CC3)cc(C(C)(F)F)c1. The van der Waals surface area contributed by atoms with E-state index in [1.807, 2.05) is 55.8 Å². The second-order valence-electron chi connectivity index (χ2n) is 11.1. The van der Waals surface area contributed by atoms with Crippen molar-refractivity contribution in [2.75, 3.05) is 21.7 Å². The number of pyridine rings is 1. The molecule has 0 spiro atoms. The van der Waals surface area contributed by atoms with Crippen molar-refractivity contribution < 1.29 is 13.6 Å². The van der Waals surface area contributed by atoms with E-state index in [4.69, 9.17) is 0 Å². The van der Waals surface area contributed by atoms with Crippen molar-refractivity contribution in [3.63, 3.8) is 0 Å². The number of halogens is 2. The van der Waals surface area contributed by atoms with Crippen LogP contribution in [0.3, 0.4) is 0 Å². The fourth-order valence-corrected chi connectivity index (χ4v) is 5.24. The van der Waals surface area contributed by atoms with E-state index in [1.54, 1.807) is 23.2 Å². The molecule has 0 bridgehead atoms. The normalized spacial score (nSPS) is 14.1. The summed E-state index contributed by atoms with van der Waals surface area (Å²) in [5.41, 5.74) is 6.26. The lowest BCUT2D eigenvalue weighted by molar-refractivity contribution is 0.0175. The molecule has 2 aromatic carbocycles. The molecule has 8 heteroatoms. The molecular formula is C34H37F2N5O. The number of imidazole rings is 1. The van der Waals surface area contributed by atoms with Gasteiger partial charge in [0.25, 0.3) is 11.8 Å². The van der Waals surface area contributed by atoms with Crippen LogP contribution >= 0.6 is 0 Å². The van der Waals surface area contributed by atoms with Crippen molar-refractivity contribution in [2.24, 2.45) is 5.92 Å². The summed E-state index contributed by atoms with van der Waals surface area (Å²) in [5, 5.41) is 2.87. The average molecular weight is 570 g/mol. The van der Waals surface area contributed by atoms with Crippen LogP contribution in [0.25, 0.3) is 5.65 Å². The van der Waals surface area contributed by atoms with E-state index in [9.17, 15) is 13.6 Å². The van der Waals surface area contributed by atoms with E-state index in [1.165, 1.54) is 17.7 Å². The van der Waals surface area contributed by atoms with Crippen molar-refractivity contribution in [1.82, 2.24) is 9.38 Å². The molecule has 2 aromatic heterocycles. The van der Waals surface area contributed by atoms with Crippen molar-refractivity contribution in [1.29, 1.82) is 0 Å². The van der Waals surface area contributed by atoms with Gasteiger partial charge in [0.2, 0.25) is 0 Å². The fourth-order valence-electron chi connectivity index (χ4n) is 5.24. The Bertz CT molecular complexity index is 1650. The smallest absolute Gasteiger partial charge is 0.270 e. The van der Waals surface area contributed by atoms with E-state index >= 15 is 0 Å². The average Bonchev–Trinajstić information content (AvgIpc) is 3.58. The van der Waals surface area contributed by atoms with Crippen LogP contribution in [-0.4, -0.2) is 21.8 Å².